The summed E-state index contributed by atoms with van der Waals surface area (Å²) >= 11 is 0. The number of carboxylic acid groups (broad SMARTS) is 4. The third-order valence-electron chi connectivity index (χ3n) is 15.8. The predicted octanol–water partition coefficient (Wildman–Crippen LogP) is 21.3. The monoisotopic (exact) mass is 1040 g/mol. The molecule has 2 unspecified atom stereocenters. The Hall–Kier alpha value is -2.90. The highest BCUT2D eigenvalue weighted by atomic mass is 16.4. The Labute approximate surface area is 456 Å². The molecule has 0 bridgehead atoms. The van der Waals surface area contributed by atoms with Crippen LogP contribution in [0.15, 0.2) is 36.5 Å². The number of allylic oxidation sites excluding steroid dienone is 6. The van der Waals surface area contributed by atoms with Gasteiger partial charge in [0.05, 0.1) is 5.41 Å². The van der Waals surface area contributed by atoms with Crippen molar-refractivity contribution in [3.63, 3.8) is 0 Å². The maximum absolute atomic E-state index is 13.8. The van der Waals surface area contributed by atoms with E-state index in [0.29, 0.717) is 12.8 Å². The molecule has 0 saturated carbocycles. The molecule has 0 aromatic carbocycles. The normalized spacial score (nSPS) is 13.1. The molecule has 0 aromatic heterocycles. The maximum Gasteiger partial charge on any atom is 0.309 e. The van der Waals surface area contributed by atoms with E-state index in [4.69, 9.17) is 15.3 Å². The van der Waals surface area contributed by atoms with Gasteiger partial charge in [0.1, 0.15) is 0 Å². The summed E-state index contributed by atoms with van der Waals surface area (Å²) in [6.07, 6.45) is 71.7. The second-order valence-corrected chi connectivity index (χ2v) is 22.6. The molecular formula is C66H120O8. The number of carbonyl (C=O) groups is 4. The van der Waals surface area contributed by atoms with Crippen LogP contribution in [-0.4, -0.2) is 44.3 Å². The Morgan fingerprint density at radius 1 is 0.311 bits per heavy atom. The molecule has 0 amide bonds. The van der Waals surface area contributed by atoms with Crippen LogP contribution >= 0.6 is 0 Å². The van der Waals surface area contributed by atoms with Crippen molar-refractivity contribution in [3.8, 4) is 0 Å². The minimum absolute atomic E-state index is 0.246. The summed E-state index contributed by atoms with van der Waals surface area (Å²) in [5.74, 6) is -2.34. The molecule has 432 valence electrons. The Kier molecular flexibility index (Phi) is 54.1. The molecule has 8 heteroatoms. The smallest absolute Gasteiger partial charge is 0.309 e. The first-order valence-electron chi connectivity index (χ1n) is 32.0. The second kappa shape index (κ2) is 56.3. The van der Waals surface area contributed by atoms with Gasteiger partial charge in [-0.25, -0.2) is 0 Å². The summed E-state index contributed by atoms with van der Waals surface area (Å²) < 4.78 is 0. The molecule has 0 aromatic rings. The van der Waals surface area contributed by atoms with Gasteiger partial charge in [0.2, 0.25) is 0 Å². The fraction of sp³-hybridized carbons (Fsp3) is 0.848. The highest BCUT2D eigenvalue weighted by Gasteiger charge is 2.44. The van der Waals surface area contributed by atoms with Gasteiger partial charge in [-0.1, -0.05) is 262 Å². The standard InChI is InChI=1S/C66H120O8/c1-2-3-4-5-6-26-33-40-47-54-61(55-48-41-34-27-20-14-9-7-10-15-21-28-35-42-49-56-62(67)68)66(65(73)74,60-53-46-39-32-25-19-13-17-23-30-37-44-51-58-64(71)72)59-52-45-38-31-24-18-12-8-11-16-22-29-36-43-50-57-63(69)70/h7-8,10-11,14,20,61H,2-6,9,12-13,15-19,21-60H2,1H3,(H,67,68)(H,69,70)(H,71,72)(H,73,74). The lowest BCUT2D eigenvalue weighted by Gasteiger charge is -2.38. The fourth-order valence-corrected chi connectivity index (χ4v) is 11.1. The van der Waals surface area contributed by atoms with Crippen LogP contribution in [0.1, 0.15) is 347 Å². The minimum atomic E-state index is -0.692. The lowest BCUT2D eigenvalue weighted by Crippen LogP contribution is -2.39. The van der Waals surface area contributed by atoms with E-state index >= 15 is 0 Å². The third kappa shape index (κ3) is 49.9. The van der Waals surface area contributed by atoms with Crippen molar-refractivity contribution in [2.45, 2.75) is 347 Å². The molecule has 4 N–H and O–H groups in total. The lowest BCUT2D eigenvalue weighted by atomic mass is 9.65. The molecular weight excluding hydrogens is 921 g/mol. The van der Waals surface area contributed by atoms with E-state index in [-0.39, 0.29) is 12.3 Å². The van der Waals surface area contributed by atoms with Crippen molar-refractivity contribution >= 4 is 23.9 Å². The summed E-state index contributed by atoms with van der Waals surface area (Å²) in [5.41, 5.74) is -0.621. The van der Waals surface area contributed by atoms with Crippen molar-refractivity contribution in [3.05, 3.63) is 36.5 Å². The van der Waals surface area contributed by atoms with E-state index < -0.39 is 29.3 Å². The second-order valence-electron chi connectivity index (χ2n) is 22.6. The summed E-state index contributed by atoms with van der Waals surface area (Å²) in [4.78, 5) is 45.9. The average molecular weight is 1040 g/mol. The third-order valence-corrected chi connectivity index (χ3v) is 15.8. The quantitative estimate of drug-likeness (QED) is 0.0348. The van der Waals surface area contributed by atoms with Crippen molar-refractivity contribution in [1.29, 1.82) is 0 Å². The number of rotatable bonds is 61. The first kappa shape index (κ1) is 71.1. The van der Waals surface area contributed by atoms with Crippen LogP contribution in [-0.2, 0) is 19.2 Å². The summed E-state index contributed by atoms with van der Waals surface area (Å²) in [6, 6.07) is 0. The SMILES string of the molecule is CCCCCCCCCCCC(CCCCCC=CCC=CCCCCCCCC(=O)O)C(CCCCCCCCC=CCCCCCCCC(=O)O)(CCCCCCCCCCCCCCCC(=O)O)C(=O)O. The van der Waals surface area contributed by atoms with Crippen LogP contribution in [0, 0.1) is 11.3 Å². The van der Waals surface area contributed by atoms with Gasteiger partial charge in [0, 0.05) is 19.3 Å². The fourth-order valence-electron chi connectivity index (χ4n) is 11.1. The highest BCUT2D eigenvalue weighted by molar-refractivity contribution is 5.75. The summed E-state index contributed by atoms with van der Waals surface area (Å²) in [5, 5.41) is 37.8. The van der Waals surface area contributed by atoms with Crippen LogP contribution in [0.5, 0.6) is 0 Å². The number of carboxylic acids is 4. The summed E-state index contributed by atoms with van der Waals surface area (Å²) in [6.45, 7) is 2.28. The Balaban J connectivity index is 5.31. The van der Waals surface area contributed by atoms with E-state index in [1.165, 1.54) is 154 Å². The van der Waals surface area contributed by atoms with Crippen LogP contribution < -0.4 is 0 Å². The van der Waals surface area contributed by atoms with Crippen LogP contribution in [0.2, 0.25) is 0 Å². The zero-order valence-corrected chi connectivity index (χ0v) is 48.4. The van der Waals surface area contributed by atoms with E-state index in [1.807, 2.05) is 0 Å². The number of hydrogen-bond donors (Lipinski definition) is 4. The minimum Gasteiger partial charge on any atom is -0.481 e. The van der Waals surface area contributed by atoms with E-state index in [2.05, 4.69) is 43.4 Å². The van der Waals surface area contributed by atoms with Crippen LogP contribution in [0.4, 0.5) is 0 Å². The number of hydrogen-bond acceptors (Lipinski definition) is 4. The molecule has 8 nitrogen and oxygen atoms in total. The van der Waals surface area contributed by atoms with E-state index in [1.54, 1.807) is 0 Å². The van der Waals surface area contributed by atoms with Gasteiger partial charge in [-0.15, -0.1) is 0 Å². The van der Waals surface area contributed by atoms with Gasteiger partial charge in [0.15, 0.2) is 0 Å². The van der Waals surface area contributed by atoms with Crippen molar-refractivity contribution in [2.24, 2.45) is 11.3 Å². The predicted molar refractivity (Wildman–Crippen MR) is 314 cm³/mol. The lowest BCUT2D eigenvalue weighted by molar-refractivity contribution is -0.155. The van der Waals surface area contributed by atoms with Gasteiger partial charge in [-0.2, -0.15) is 0 Å². The topological polar surface area (TPSA) is 149 Å². The molecule has 0 spiro atoms. The van der Waals surface area contributed by atoms with E-state index in [9.17, 15) is 24.3 Å². The molecule has 0 rings (SSSR count). The Morgan fingerprint density at radius 3 is 0.851 bits per heavy atom. The molecule has 0 heterocycles. The van der Waals surface area contributed by atoms with Crippen molar-refractivity contribution in [2.75, 3.05) is 0 Å². The van der Waals surface area contributed by atoms with Gasteiger partial charge >= 0.3 is 23.9 Å². The molecule has 0 aliphatic carbocycles. The van der Waals surface area contributed by atoms with Gasteiger partial charge in [-0.05, 0) is 109 Å². The molecule has 0 fully saturated rings. The number of unbranched alkanes of at least 4 members (excludes halogenated alkanes) is 39. The van der Waals surface area contributed by atoms with Crippen molar-refractivity contribution in [1.82, 2.24) is 0 Å². The first-order chi connectivity index (χ1) is 36.2. The molecule has 2 atom stereocenters. The Bertz CT molecular complexity index is 1350. The van der Waals surface area contributed by atoms with Gasteiger partial charge < -0.3 is 20.4 Å². The molecule has 0 aliphatic rings. The highest BCUT2D eigenvalue weighted by Crippen LogP contribution is 2.45. The summed E-state index contributed by atoms with van der Waals surface area (Å²) in [7, 11) is 0. The molecule has 0 radical (unpaired) electrons. The van der Waals surface area contributed by atoms with Crippen LogP contribution in [0.3, 0.4) is 0 Å². The zero-order chi connectivity index (χ0) is 54.1. The van der Waals surface area contributed by atoms with Crippen LogP contribution in [0.25, 0.3) is 0 Å². The van der Waals surface area contributed by atoms with Gasteiger partial charge in [0.25, 0.3) is 0 Å². The van der Waals surface area contributed by atoms with E-state index in [0.717, 1.165) is 167 Å². The molecule has 0 aliphatic heterocycles. The first-order valence-corrected chi connectivity index (χ1v) is 32.0. The average Bonchev–Trinajstić information content (AvgIpc) is 3.37. The number of aliphatic carboxylic acids is 4. The Morgan fingerprint density at radius 2 is 0.554 bits per heavy atom. The van der Waals surface area contributed by atoms with Gasteiger partial charge in [-0.3, -0.25) is 19.2 Å². The molecule has 0 saturated heterocycles. The zero-order valence-electron chi connectivity index (χ0n) is 48.4. The van der Waals surface area contributed by atoms with Crippen molar-refractivity contribution < 1.29 is 39.6 Å². The largest absolute Gasteiger partial charge is 0.481 e. The molecule has 74 heavy (non-hydrogen) atoms. The maximum atomic E-state index is 13.8.